The van der Waals surface area contributed by atoms with Crippen LogP contribution in [0.3, 0.4) is 0 Å². The average molecular weight is 462 g/mol. The minimum atomic E-state index is -0.0222. The van der Waals surface area contributed by atoms with E-state index in [4.69, 9.17) is 0 Å². The number of piperidine rings is 1. The van der Waals surface area contributed by atoms with Gasteiger partial charge in [-0.15, -0.1) is 0 Å². The minimum Gasteiger partial charge on any atom is -0.343 e. The van der Waals surface area contributed by atoms with E-state index >= 15 is 0 Å². The van der Waals surface area contributed by atoms with Gasteiger partial charge in [0.15, 0.2) is 0 Å². The molecular formula is C21H23IN2O2. The number of carbonyl (C=O) groups excluding carboxylic acids is 2. The van der Waals surface area contributed by atoms with Crippen LogP contribution in [-0.4, -0.2) is 29.8 Å². The van der Waals surface area contributed by atoms with Crippen molar-refractivity contribution in [3.05, 3.63) is 63.7 Å². The van der Waals surface area contributed by atoms with E-state index in [1.54, 1.807) is 0 Å². The minimum absolute atomic E-state index is 0.0222. The summed E-state index contributed by atoms with van der Waals surface area (Å²) in [5.74, 6) is 0.222. The van der Waals surface area contributed by atoms with Crippen LogP contribution in [-0.2, 0) is 16.0 Å². The zero-order valence-electron chi connectivity index (χ0n) is 14.7. The van der Waals surface area contributed by atoms with Gasteiger partial charge in [0.1, 0.15) is 0 Å². The molecule has 0 aromatic heterocycles. The Balaban J connectivity index is 1.44. The van der Waals surface area contributed by atoms with Crippen molar-refractivity contribution in [3.63, 3.8) is 0 Å². The summed E-state index contributed by atoms with van der Waals surface area (Å²) in [4.78, 5) is 26.8. The van der Waals surface area contributed by atoms with Crippen LogP contribution in [0, 0.1) is 9.49 Å². The molecule has 1 heterocycles. The number of aryl methyl sites for hydroxylation is 1. The number of amides is 2. The standard InChI is InChI=1S/C21H23IN2O2/c22-18-7-4-8-19(15-18)23-21(26)17-11-13-24(14-12-17)20(25)10-9-16-5-2-1-3-6-16/h1-8,15,17H,9-14H2,(H,23,26). The van der Waals surface area contributed by atoms with Crippen LogP contribution in [0.15, 0.2) is 54.6 Å². The number of hydrogen-bond acceptors (Lipinski definition) is 2. The van der Waals surface area contributed by atoms with Gasteiger partial charge < -0.3 is 10.2 Å². The van der Waals surface area contributed by atoms with Gasteiger partial charge in [-0.2, -0.15) is 0 Å². The topological polar surface area (TPSA) is 49.4 Å². The van der Waals surface area contributed by atoms with Crippen molar-refractivity contribution in [3.8, 4) is 0 Å². The van der Waals surface area contributed by atoms with E-state index in [0.717, 1.165) is 28.5 Å². The lowest BCUT2D eigenvalue weighted by Crippen LogP contribution is -2.41. The third-order valence-corrected chi connectivity index (χ3v) is 5.45. The highest BCUT2D eigenvalue weighted by atomic mass is 127. The smallest absolute Gasteiger partial charge is 0.227 e. The summed E-state index contributed by atoms with van der Waals surface area (Å²) in [6, 6.07) is 17.9. The fourth-order valence-corrected chi connectivity index (χ4v) is 3.80. The van der Waals surface area contributed by atoms with Gasteiger partial charge in [-0.3, -0.25) is 9.59 Å². The lowest BCUT2D eigenvalue weighted by molar-refractivity contribution is -0.134. The number of likely N-dealkylation sites (tertiary alicyclic amines) is 1. The Morgan fingerprint density at radius 1 is 1.04 bits per heavy atom. The SMILES string of the molecule is O=C(Nc1cccc(I)c1)C1CCN(C(=O)CCc2ccccc2)CC1. The molecule has 26 heavy (non-hydrogen) atoms. The first-order valence-electron chi connectivity index (χ1n) is 9.00. The molecule has 4 nitrogen and oxygen atoms in total. The number of anilines is 1. The molecule has 1 saturated heterocycles. The summed E-state index contributed by atoms with van der Waals surface area (Å²) in [7, 11) is 0. The molecule has 1 aliphatic rings. The Kier molecular flexibility index (Phi) is 6.66. The molecule has 3 rings (SSSR count). The number of rotatable bonds is 5. The van der Waals surface area contributed by atoms with E-state index in [0.29, 0.717) is 19.5 Å². The molecular weight excluding hydrogens is 439 g/mol. The Labute approximate surface area is 168 Å². The molecule has 0 bridgehead atoms. The summed E-state index contributed by atoms with van der Waals surface area (Å²) < 4.78 is 1.10. The van der Waals surface area contributed by atoms with Crippen molar-refractivity contribution in [2.45, 2.75) is 25.7 Å². The van der Waals surface area contributed by atoms with Crippen LogP contribution in [0.25, 0.3) is 0 Å². The molecule has 136 valence electrons. The first kappa shape index (κ1) is 18.9. The number of halogens is 1. The predicted octanol–water partition coefficient (Wildman–Crippen LogP) is 4.10. The van der Waals surface area contributed by atoms with Crippen molar-refractivity contribution >= 4 is 40.1 Å². The van der Waals surface area contributed by atoms with Crippen LogP contribution in [0.1, 0.15) is 24.8 Å². The largest absolute Gasteiger partial charge is 0.343 e. The Bertz CT molecular complexity index is 756. The molecule has 1 aliphatic heterocycles. The van der Waals surface area contributed by atoms with Crippen molar-refractivity contribution in [1.82, 2.24) is 4.90 Å². The van der Waals surface area contributed by atoms with E-state index in [1.165, 1.54) is 5.56 Å². The molecule has 1 fully saturated rings. The molecule has 2 aromatic rings. The van der Waals surface area contributed by atoms with Crippen molar-refractivity contribution < 1.29 is 9.59 Å². The van der Waals surface area contributed by atoms with Crippen LogP contribution < -0.4 is 5.32 Å². The zero-order chi connectivity index (χ0) is 18.4. The van der Waals surface area contributed by atoms with E-state index in [9.17, 15) is 9.59 Å². The summed E-state index contributed by atoms with van der Waals surface area (Å²) >= 11 is 2.23. The number of hydrogen-bond donors (Lipinski definition) is 1. The Hall–Kier alpha value is -1.89. The zero-order valence-corrected chi connectivity index (χ0v) is 16.8. The summed E-state index contributed by atoms with van der Waals surface area (Å²) in [5.41, 5.74) is 2.02. The van der Waals surface area contributed by atoms with E-state index in [2.05, 4.69) is 40.0 Å². The molecule has 0 aliphatic carbocycles. The van der Waals surface area contributed by atoms with Gasteiger partial charge in [0.05, 0.1) is 0 Å². The molecule has 0 radical (unpaired) electrons. The van der Waals surface area contributed by atoms with E-state index in [1.807, 2.05) is 47.4 Å². The molecule has 0 saturated carbocycles. The van der Waals surface area contributed by atoms with Crippen LogP contribution in [0.5, 0.6) is 0 Å². The fraction of sp³-hybridized carbons (Fsp3) is 0.333. The number of nitrogens with one attached hydrogen (secondary N) is 1. The third kappa shape index (κ3) is 5.30. The second-order valence-electron chi connectivity index (χ2n) is 6.64. The quantitative estimate of drug-likeness (QED) is 0.681. The highest BCUT2D eigenvalue weighted by Gasteiger charge is 2.27. The molecule has 0 unspecified atom stereocenters. The number of benzene rings is 2. The lowest BCUT2D eigenvalue weighted by Gasteiger charge is -2.31. The maximum Gasteiger partial charge on any atom is 0.227 e. The summed E-state index contributed by atoms with van der Waals surface area (Å²) in [6.07, 6.45) is 2.76. The molecule has 2 aromatic carbocycles. The van der Waals surface area contributed by atoms with Gasteiger partial charge in [-0.1, -0.05) is 36.4 Å². The predicted molar refractivity (Wildman–Crippen MR) is 112 cm³/mol. The number of carbonyl (C=O) groups is 2. The maximum atomic E-state index is 12.4. The first-order chi connectivity index (χ1) is 12.6. The molecule has 0 spiro atoms. The van der Waals surface area contributed by atoms with Gasteiger partial charge in [0, 0.05) is 34.7 Å². The van der Waals surface area contributed by atoms with E-state index < -0.39 is 0 Å². The average Bonchev–Trinajstić information content (AvgIpc) is 2.67. The molecule has 5 heteroatoms. The number of nitrogens with zero attached hydrogens (tertiary/aromatic N) is 1. The maximum absolute atomic E-state index is 12.4. The molecule has 2 amide bonds. The highest BCUT2D eigenvalue weighted by Crippen LogP contribution is 2.21. The second-order valence-corrected chi connectivity index (χ2v) is 7.89. The van der Waals surface area contributed by atoms with Gasteiger partial charge >= 0.3 is 0 Å². The van der Waals surface area contributed by atoms with Gasteiger partial charge in [0.2, 0.25) is 11.8 Å². The highest BCUT2D eigenvalue weighted by molar-refractivity contribution is 14.1. The fourth-order valence-electron chi connectivity index (χ4n) is 3.26. The van der Waals surface area contributed by atoms with Crippen LogP contribution in [0.2, 0.25) is 0 Å². The first-order valence-corrected chi connectivity index (χ1v) is 10.1. The lowest BCUT2D eigenvalue weighted by atomic mass is 9.95. The monoisotopic (exact) mass is 462 g/mol. The van der Waals surface area contributed by atoms with Crippen molar-refractivity contribution in [1.29, 1.82) is 0 Å². The normalized spacial score (nSPS) is 14.9. The third-order valence-electron chi connectivity index (χ3n) is 4.78. The van der Waals surface area contributed by atoms with Crippen molar-refractivity contribution in [2.24, 2.45) is 5.92 Å². The summed E-state index contributed by atoms with van der Waals surface area (Å²) in [6.45, 7) is 1.33. The molecule has 1 N–H and O–H groups in total. The van der Waals surface area contributed by atoms with Crippen molar-refractivity contribution in [2.75, 3.05) is 18.4 Å². The Morgan fingerprint density at radius 3 is 2.46 bits per heavy atom. The van der Waals surface area contributed by atoms with Gasteiger partial charge in [-0.25, -0.2) is 0 Å². The second kappa shape index (κ2) is 9.16. The van der Waals surface area contributed by atoms with Gasteiger partial charge in [-0.05, 0) is 65.6 Å². The van der Waals surface area contributed by atoms with Crippen LogP contribution >= 0.6 is 22.6 Å². The van der Waals surface area contributed by atoms with E-state index in [-0.39, 0.29) is 17.7 Å². The molecule has 0 atom stereocenters. The summed E-state index contributed by atoms with van der Waals surface area (Å²) in [5, 5.41) is 3.00. The van der Waals surface area contributed by atoms with Gasteiger partial charge in [0.25, 0.3) is 0 Å². The Morgan fingerprint density at radius 2 is 1.77 bits per heavy atom. The van der Waals surface area contributed by atoms with Crippen LogP contribution in [0.4, 0.5) is 5.69 Å².